The van der Waals surface area contributed by atoms with Crippen molar-refractivity contribution in [2.24, 2.45) is 5.92 Å². The molecule has 0 radical (unpaired) electrons. The van der Waals surface area contributed by atoms with Crippen LogP contribution in [0.15, 0.2) is 25.0 Å². The van der Waals surface area contributed by atoms with Gasteiger partial charge in [0, 0.05) is 5.92 Å². The predicted octanol–water partition coefficient (Wildman–Crippen LogP) is 2.36. The van der Waals surface area contributed by atoms with Gasteiger partial charge in [-0.25, -0.2) is 0 Å². The third-order valence-electron chi connectivity index (χ3n) is 0.994. The van der Waals surface area contributed by atoms with E-state index in [4.69, 9.17) is 4.74 Å². The lowest BCUT2D eigenvalue weighted by Crippen LogP contribution is -1.97. The summed E-state index contributed by atoms with van der Waals surface area (Å²) in [6.07, 6.45) is 5.44. The summed E-state index contributed by atoms with van der Waals surface area (Å²) in [5.41, 5.74) is 0. The number of ether oxygens (including phenoxy) is 1. The molecule has 0 rings (SSSR count). The van der Waals surface area contributed by atoms with Gasteiger partial charge in [-0.1, -0.05) is 19.1 Å². The molecule has 0 aliphatic carbocycles. The third kappa shape index (κ3) is 5.15. The van der Waals surface area contributed by atoms with Gasteiger partial charge in [-0.05, 0) is 6.92 Å². The fourth-order valence-corrected chi connectivity index (χ4v) is 0.372. The lowest BCUT2D eigenvalue weighted by molar-refractivity contribution is 0.222. The minimum absolute atomic E-state index is 0.446. The van der Waals surface area contributed by atoms with Crippen molar-refractivity contribution in [3.8, 4) is 0 Å². The molecule has 0 saturated carbocycles. The maximum absolute atomic E-state index is 5.08. The highest BCUT2D eigenvalue weighted by atomic mass is 16.5. The summed E-state index contributed by atoms with van der Waals surface area (Å²) >= 11 is 0. The van der Waals surface area contributed by atoms with Crippen LogP contribution in [0.1, 0.15) is 13.8 Å². The second-order valence-corrected chi connectivity index (χ2v) is 2.02. The molecule has 0 unspecified atom stereocenters. The van der Waals surface area contributed by atoms with Gasteiger partial charge in [0.25, 0.3) is 0 Å². The van der Waals surface area contributed by atoms with Gasteiger partial charge in [-0.3, -0.25) is 0 Å². The molecule has 0 spiro atoms. The molecule has 0 bridgehead atoms. The number of hydrogen-bond acceptors (Lipinski definition) is 1. The zero-order valence-electron chi connectivity index (χ0n) is 6.13. The molecule has 52 valence electrons. The predicted molar refractivity (Wildman–Crippen MR) is 40.1 cm³/mol. The summed E-state index contributed by atoms with van der Waals surface area (Å²) in [5, 5.41) is 0. The summed E-state index contributed by atoms with van der Waals surface area (Å²) in [4.78, 5) is 0. The van der Waals surface area contributed by atoms with Crippen molar-refractivity contribution in [1.82, 2.24) is 0 Å². The van der Waals surface area contributed by atoms with Gasteiger partial charge in [0.1, 0.15) is 0 Å². The van der Waals surface area contributed by atoms with Crippen molar-refractivity contribution < 1.29 is 4.74 Å². The molecule has 0 aliphatic rings. The van der Waals surface area contributed by atoms with Gasteiger partial charge < -0.3 is 4.74 Å². The zero-order valence-corrected chi connectivity index (χ0v) is 6.13. The molecule has 1 nitrogen and oxygen atoms in total. The Morgan fingerprint density at radius 1 is 1.67 bits per heavy atom. The number of rotatable bonds is 4. The summed E-state index contributed by atoms with van der Waals surface area (Å²) < 4.78 is 5.08. The van der Waals surface area contributed by atoms with E-state index in [0.717, 1.165) is 6.61 Å². The van der Waals surface area contributed by atoms with E-state index in [2.05, 4.69) is 13.5 Å². The highest BCUT2D eigenvalue weighted by molar-refractivity contribution is 4.75. The Balaban J connectivity index is 3.16. The van der Waals surface area contributed by atoms with E-state index in [1.807, 2.05) is 19.1 Å². The van der Waals surface area contributed by atoms with Crippen molar-refractivity contribution >= 4 is 0 Å². The first-order valence-corrected chi connectivity index (χ1v) is 3.16. The van der Waals surface area contributed by atoms with Crippen LogP contribution >= 0.6 is 0 Å². The van der Waals surface area contributed by atoms with Crippen LogP contribution in [0.25, 0.3) is 0 Å². The van der Waals surface area contributed by atoms with Crippen LogP contribution in [0, 0.1) is 5.92 Å². The molecular weight excluding hydrogens is 112 g/mol. The summed E-state index contributed by atoms with van der Waals surface area (Å²) in [5.74, 6) is 0.446. The van der Waals surface area contributed by atoms with Crippen molar-refractivity contribution in [2.75, 3.05) is 6.61 Å². The molecule has 0 amide bonds. The lowest BCUT2D eigenvalue weighted by atomic mass is 10.2. The maximum atomic E-state index is 5.08. The fraction of sp³-hybridized carbons (Fsp3) is 0.500. The topological polar surface area (TPSA) is 9.23 Å². The monoisotopic (exact) mass is 126 g/mol. The molecule has 0 heterocycles. The highest BCUT2D eigenvalue weighted by Gasteiger charge is 1.91. The molecule has 0 aliphatic heterocycles. The number of allylic oxidation sites excluding steroid dienone is 1. The zero-order chi connectivity index (χ0) is 7.11. The van der Waals surface area contributed by atoms with Gasteiger partial charge in [0.05, 0.1) is 12.9 Å². The maximum Gasteiger partial charge on any atom is 0.0932 e. The molecule has 0 fully saturated rings. The summed E-state index contributed by atoms with van der Waals surface area (Å²) in [7, 11) is 0. The van der Waals surface area contributed by atoms with Gasteiger partial charge in [0.2, 0.25) is 0 Å². The van der Waals surface area contributed by atoms with Crippen molar-refractivity contribution in [3.05, 3.63) is 25.0 Å². The SMILES string of the molecule is C=C[C@@H](C)CO/C=C/C. The molecule has 0 N–H and O–H groups in total. The first-order valence-electron chi connectivity index (χ1n) is 3.16. The normalized spacial score (nSPS) is 13.6. The van der Waals surface area contributed by atoms with Crippen LogP contribution in [-0.2, 0) is 4.74 Å². The molecule has 1 atom stereocenters. The van der Waals surface area contributed by atoms with Crippen LogP contribution in [0.3, 0.4) is 0 Å². The Hall–Kier alpha value is -0.720. The molecular formula is C8H14O. The first-order chi connectivity index (χ1) is 4.31. The van der Waals surface area contributed by atoms with Crippen molar-refractivity contribution in [2.45, 2.75) is 13.8 Å². The lowest BCUT2D eigenvalue weighted by Gasteiger charge is -2.02. The molecule has 0 aromatic heterocycles. The Kier molecular flexibility index (Phi) is 4.98. The molecule has 0 aromatic carbocycles. The van der Waals surface area contributed by atoms with E-state index in [1.165, 1.54) is 0 Å². The van der Waals surface area contributed by atoms with Crippen LogP contribution in [-0.4, -0.2) is 6.61 Å². The van der Waals surface area contributed by atoms with Crippen molar-refractivity contribution in [1.29, 1.82) is 0 Å². The third-order valence-corrected chi connectivity index (χ3v) is 0.994. The minimum atomic E-state index is 0.446. The Morgan fingerprint density at radius 2 is 2.33 bits per heavy atom. The smallest absolute Gasteiger partial charge is 0.0932 e. The van der Waals surface area contributed by atoms with Crippen molar-refractivity contribution in [3.63, 3.8) is 0 Å². The highest BCUT2D eigenvalue weighted by Crippen LogP contribution is 1.95. The van der Waals surface area contributed by atoms with Crippen LogP contribution in [0.2, 0.25) is 0 Å². The van der Waals surface area contributed by atoms with Gasteiger partial charge in [-0.2, -0.15) is 0 Å². The minimum Gasteiger partial charge on any atom is -0.501 e. The second kappa shape index (κ2) is 5.42. The molecule has 0 saturated heterocycles. The standard InChI is InChI=1S/C8H14O/c1-4-6-9-7-8(3)5-2/h4-6,8H,2,7H2,1,3H3/b6-4+/t8-/m1/s1. The van der Waals surface area contributed by atoms with Crippen LogP contribution < -0.4 is 0 Å². The quantitative estimate of drug-likeness (QED) is 0.415. The fourth-order valence-electron chi connectivity index (χ4n) is 0.372. The Morgan fingerprint density at radius 3 is 2.78 bits per heavy atom. The number of hydrogen-bond donors (Lipinski definition) is 0. The Labute approximate surface area is 57.0 Å². The largest absolute Gasteiger partial charge is 0.501 e. The van der Waals surface area contributed by atoms with E-state index >= 15 is 0 Å². The first kappa shape index (κ1) is 8.28. The van der Waals surface area contributed by atoms with E-state index in [-0.39, 0.29) is 0 Å². The van der Waals surface area contributed by atoms with Gasteiger partial charge in [0.15, 0.2) is 0 Å². The molecule has 0 aromatic rings. The van der Waals surface area contributed by atoms with Gasteiger partial charge in [-0.15, -0.1) is 6.58 Å². The van der Waals surface area contributed by atoms with Crippen LogP contribution in [0.4, 0.5) is 0 Å². The summed E-state index contributed by atoms with van der Waals surface area (Å²) in [6.45, 7) is 8.36. The Bertz CT molecular complexity index is 94.7. The van der Waals surface area contributed by atoms with E-state index in [0.29, 0.717) is 5.92 Å². The average molecular weight is 126 g/mol. The molecule has 9 heavy (non-hydrogen) atoms. The summed E-state index contributed by atoms with van der Waals surface area (Å²) in [6, 6.07) is 0. The average Bonchev–Trinajstić information content (AvgIpc) is 1.89. The van der Waals surface area contributed by atoms with Gasteiger partial charge >= 0.3 is 0 Å². The van der Waals surface area contributed by atoms with Crippen LogP contribution in [0.5, 0.6) is 0 Å². The van der Waals surface area contributed by atoms with E-state index < -0.39 is 0 Å². The molecule has 1 heteroatoms. The van der Waals surface area contributed by atoms with E-state index in [9.17, 15) is 0 Å². The second-order valence-electron chi connectivity index (χ2n) is 2.02. The van der Waals surface area contributed by atoms with E-state index in [1.54, 1.807) is 6.26 Å².